The van der Waals surface area contributed by atoms with Crippen molar-refractivity contribution < 1.29 is 9.47 Å². The number of para-hydroxylation sites is 1. The predicted molar refractivity (Wildman–Crippen MR) is 69.7 cm³/mol. The molecule has 98 valence electrons. The lowest BCUT2D eigenvalue weighted by atomic mass is 10.1. The molecule has 1 N–H and O–H groups in total. The van der Waals surface area contributed by atoms with Gasteiger partial charge in [0.15, 0.2) is 11.5 Å². The molecule has 0 spiro atoms. The number of hydrogen-bond acceptors (Lipinski definition) is 4. The Hall–Kier alpha value is -1.26. The first-order chi connectivity index (χ1) is 8.93. The van der Waals surface area contributed by atoms with Crippen molar-refractivity contribution in [3.8, 4) is 11.5 Å². The van der Waals surface area contributed by atoms with Crippen molar-refractivity contribution >= 4 is 0 Å². The fourth-order valence-electron chi connectivity index (χ4n) is 2.52. The van der Waals surface area contributed by atoms with Gasteiger partial charge in [-0.1, -0.05) is 18.6 Å². The van der Waals surface area contributed by atoms with E-state index >= 15 is 0 Å². The molecule has 1 fully saturated rings. The molecule has 0 amide bonds. The fourth-order valence-corrected chi connectivity index (χ4v) is 2.52. The highest BCUT2D eigenvalue weighted by atomic mass is 16.6. The number of nitrogens with one attached hydrogen (secondary N) is 1. The number of hydrazine groups is 1. The SMILES string of the molecule is c1cc(CNN2CCCCC2)c2c(c1)OCCO2. The van der Waals surface area contributed by atoms with E-state index in [4.69, 9.17) is 9.47 Å². The summed E-state index contributed by atoms with van der Waals surface area (Å²) in [5, 5.41) is 2.31. The third-order valence-electron chi connectivity index (χ3n) is 3.50. The molecule has 4 nitrogen and oxygen atoms in total. The second-order valence-corrected chi connectivity index (χ2v) is 4.82. The van der Waals surface area contributed by atoms with Gasteiger partial charge < -0.3 is 9.47 Å². The van der Waals surface area contributed by atoms with Crippen molar-refractivity contribution in [3.63, 3.8) is 0 Å². The first-order valence-corrected chi connectivity index (χ1v) is 6.79. The maximum absolute atomic E-state index is 5.71. The summed E-state index contributed by atoms with van der Waals surface area (Å²) in [7, 11) is 0. The molecule has 4 heteroatoms. The molecule has 2 aliphatic heterocycles. The van der Waals surface area contributed by atoms with Crippen molar-refractivity contribution in [2.75, 3.05) is 26.3 Å². The summed E-state index contributed by atoms with van der Waals surface area (Å²) in [6, 6.07) is 6.10. The molecule has 0 aromatic heterocycles. The molecule has 0 saturated carbocycles. The number of nitrogens with zero attached hydrogens (tertiary/aromatic N) is 1. The zero-order chi connectivity index (χ0) is 12.2. The maximum atomic E-state index is 5.71. The van der Waals surface area contributed by atoms with Gasteiger partial charge in [0.25, 0.3) is 0 Å². The van der Waals surface area contributed by atoms with E-state index in [1.807, 2.05) is 12.1 Å². The number of fused-ring (bicyclic) bond motifs is 1. The monoisotopic (exact) mass is 248 g/mol. The standard InChI is InChI=1S/C14H20N2O2/c1-2-7-16(8-3-1)15-11-12-5-4-6-13-14(12)18-10-9-17-13/h4-6,15H,1-3,7-11H2. The van der Waals surface area contributed by atoms with Crippen LogP contribution < -0.4 is 14.9 Å². The molecule has 18 heavy (non-hydrogen) atoms. The maximum Gasteiger partial charge on any atom is 0.165 e. The van der Waals surface area contributed by atoms with Gasteiger partial charge in [-0.3, -0.25) is 5.43 Å². The minimum Gasteiger partial charge on any atom is -0.486 e. The Morgan fingerprint density at radius 3 is 2.78 bits per heavy atom. The summed E-state index contributed by atoms with van der Waals surface area (Å²) in [4.78, 5) is 0. The predicted octanol–water partition coefficient (Wildman–Crippen LogP) is 1.95. The van der Waals surface area contributed by atoms with Crippen molar-refractivity contribution in [1.82, 2.24) is 10.4 Å². The van der Waals surface area contributed by atoms with Crippen molar-refractivity contribution in [1.29, 1.82) is 0 Å². The van der Waals surface area contributed by atoms with E-state index in [9.17, 15) is 0 Å². The largest absolute Gasteiger partial charge is 0.486 e. The highest BCUT2D eigenvalue weighted by Crippen LogP contribution is 2.33. The average Bonchev–Trinajstić information content (AvgIpc) is 2.46. The van der Waals surface area contributed by atoms with E-state index in [2.05, 4.69) is 16.5 Å². The van der Waals surface area contributed by atoms with Crippen LogP contribution in [0.15, 0.2) is 18.2 Å². The second kappa shape index (κ2) is 5.59. The molecule has 1 saturated heterocycles. The molecule has 0 unspecified atom stereocenters. The lowest BCUT2D eigenvalue weighted by Crippen LogP contribution is -2.41. The Morgan fingerprint density at radius 2 is 1.89 bits per heavy atom. The number of rotatable bonds is 3. The van der Waals surface area contributed by atoms with Gasteiger partial charge in [-0.2, -0.15) is 0 Å². The first-order valence-electron chi connectivity index (χ1n) is 6.79. The molecular formula is C14H20N2O2. The number of benzene rings is 1. The van der Waals surface area contributed by atoms with Gasteiger partial charge in [0.1, 0.15) is 13.2 Å². The molecule has 3 rings (SSSR count). The summed E-state index contributed by atoms with van der Waals surface area (Å²) in [6.45, 7) is 4.40. The average molecular weight is 248 g/mol. The Labute approximate surface area is 108 Å². The lowest BCUT2D eigenvalue weighted by molar-refractivity contribution is 0.145. The van der Waals surface area contributed by atoms with Crippen molar-refractivity contribution in [2.45, 2.75) is 25.8 Å². The summed E-state index contributed by atoms with van der Waals surface area (Å²) < 4.78 is 11.3. The molecule has 1 aromatic carbocycles. The lowest BCUT2D eigenvalue weighted by Gasteiger charge is -2.28. The van der Waals surface area contributed by atoms with Crippen LogP contribution in [-0.2, 0) is 6.54 Å². The van der Waals surface area contributed by atoms with Crippen LogP contribution in [0.4, 0.5) is 0 Å². The van der Waals surface area contributed by atoms with Gasteiger partial charge >= 0.3 is 0 Å². The second-order valence-electron chi connectivity index (χ2n) is 4.82. The first kappa shape index (κ1) is 11.8. The normalized spacial score (nSPS) is 19.8. The molecule has 1 aromatic rings. The van der Waals surface area contributed by atoms with Crippen LogP contribution in [0.5, 0.6) is 11.5 Å². The van der Waals surface area contributed by atoms with E-state index in [0.717, 1.165) is 31.1 Å². The smallest absolute Gasteiger partial charge is 0.165 e. The third-order valence-corrected chi connectivity index (χ3v) is 3.50. The molecular weight excluding hydrogens is 228 g/mol. The zero-order valence-corrected chi connectivity index (χ0v) is 10.7. The summed E-state index contributed by atoms with van der Waals surface area (Å²) in [6.07, 6.45) is 3.94. The molecule has 0 radical (unpaired) electrons. The van der Waals surface area contributed by atoms with E-state index in [-0.39, 0.29) is 0 Å². The van der Waals surface area contributed by atoms with E-state index in [1.165, 1.54) is 24.8 Å². The Kier molecular flexibility index (Phi) is 3.67. The number of ether oxygens (including phenoxy) is 2. The zero-order valence-electron chi connectivity index (χ0n) is 10.7. The number of hydrogen-bond donors (Lipinski definition) is 1. The van der Waals surface area contributed by atoms with Crippen molar-refractivity contribution in [3.05, 3.63) is 23.8 Å². The van der Waals surface area contributed by atoms with Gasteiger partial charge in [-0.05, 0) is 18.9 Å². The summed E-state index contributed by atoms with van der Waals surface area (Å²) in [5.74, 6) is 1.78. The Morgan fingerprint density at radius 1 is 1.06 bits per heavy atom. The molecule has 0 atom stereocenters. The van der Waals surface area contributed by atoms with Crippen LogP contribution in [0.3, 0.4) is 0 Å². The van der Waals surface area contributed by atoms with Crippen LogP contribution in [0.2, 0.25) is 0 Å². The van der Waals surface area contributed by atoms with Crippen LogP contribution in [0, 0.1) is 0 Å². The van der Waals surface area contributed by atoms with Gasteiger partial charge in [-0.15, -0.1) is 0 Å². The number of piperidine rings is 1. The van der Waals surface area contributed by atoms with Gasteiger partial charge in [0, 0.05) is 25.2 Å². The third kappa shape index (κ3) is 2.60. The van der Waals surface area contributed by atoms with Gasteiger partial charge in [0.2, 0.25) is 0 Å². The quantitative estimate of drug-likeness (QED) is 0.886. The fraction of sp³-hybridized carbons (Fsp3) is 0.571. The van der Waals surface area contributed by atoms with E-state index < -0.39 is 0 Å². The van der Waals surface area contributed by atoms with Crippen LogP contribution >= 0.6 is 0 Å². The highest BCUT2D eigenvalue weighted by Gasteiger charge is 2.16. The molecule has 2 heterocycles. The topological polar surface area (TPSA) is 33.7 Å². The summed E-state index contributed by atoms with van der Waals surface area (Å²) in [5.41, 5.74) is 4.66. The Bertz CT molecular complexity index is 403. The van der Waals surface area contributed by atoms with Crippen LogP contribution in [0.1, 0.15) is 24.8 Å². The minimum absolute atomic E-state index is 0.647. The van der Waals surface area contributed by atoms with Crippen LogP contribution in [-0.4, -0.2) is 31.3 Å². The Balaban J connectivity index is 1.65. The highest BCUT2D eigenvalue weighted by molar-refractivity contribution is 5.47. The van der Waals surface area contributed by atoms with Crippen LogP contribution in [0.25, 0.3) is 0 Å². The van der Waals surface area contributed by atoms with E-state index in [0.29, 0.717) is 13.2 Å². The minimum atomic E-state index is 0.647. The van der Waals surface area contributed by atoms with Gasteiger partial charge in [0.05, 0.1) is 0 Å². The van der Waals surface area contributed by atoms with E-state index in [1.54, 1.807) is 0 Å². The molecule has 0 aliphatic carbocycles. The summed E-state index contributed by atoms with van der Waals surface area (Å²) >= 11 is 0. The molecule has 2 aliphatic rings. The van der Waals surface area contributed by atoms with Gasteiger partial charge in [-0.25, -0.2) is 5.01 Å². The molecule has 0 bridgehead atoms. The van der Waals surface area contributed by atoms with Crippen molar-refractivity contribution in [2.24, 2.45) is 0 Å².